The molecule has 0 saturated carbocycles. The average molecular weight is 402 g/mol. The Morgan fingerprint density at radius 1 is 1.25 bits per heavy atom. The van der Waals surface area contributed by atoms with Gasteiger partial charge in [0.15, 0.2) is 16.6 Å². The molecule has 0 unspecified atom stereocenters. The van der Waals surface area contributed by atoms with Crippen LogP contribution in [0.1, 0.15) is 24.5 Å². The van der Waals surface area contributed by atoms with Gasteiger partial charge in [-0.25, -0.2) is 0 Å². The van der Waals surface area contributed by atoms with Gasteiger partial charge >= 0.3 is 0 Å². The highest BCUT2D eigenvalue weighted by Gasteiger charge is 2.08. The first-order valence-corrected chi connectivity index (χ1v) is 9.05. The van der Waals surface area contributed by atoms with Crippen molar-refractivity contribution in [1.29, 1.82) is 0 Å². The van der Waals surface area contributed by atoms with Crippen molar-refractivity contribution in [2.24, 2.45) is 5.10 Å². The minimum absolute atomic E-state index is 0.0402. The van der Waals surface area contributed by atoms with Crippen LogP contribution in [0.2, 0.25) is 0 Å². The first-order chi connectivity index (χ1) is 13.5. The molecule has 2 rings (SSSR count). The fourth-order valence-corrected chi connectivity index (χ4v) is 2.36. The number of hydrogen-bond donors (Lipinski definition) is 2. The van der Waals surface area contributed by atoms with E-state index in [9.17, 15) is 10.1 Å². The third kappa shape index (κ3) is 6.51. The van der Waals surface area contributed by atoms with E-state index in [-0.39, 0.29) is 12.3 Å². The van der Waals surface area contributed by atoms with Crippen molar-refractivity contribution in [3.8, 4) is 11.5 Å². The Morgan fingerprint density at radius 2 is 2.00 bits per heavy atom. The summed E-state index contributed by atoms with van der Waals surface area (Å²) < 4.78 is 11.1. The molecule has 148 valence electrons. The second-order valence-electron chi connectivity index (χ2n) is 5.75. The molecule has 0 amide bonds. The zero-order valence-electron chi connectivity index (χ0n) is 15.7. The predicted octanol–water partition coefficient (Wildman–Crippen LogP) is 3.39. The number of benzene rings is 2. The number of non-ortho nitro benzene ring substituents is 1. The topological polar surface area (TPSA) is 98.0 Å². The molecule has 28 heavy (non-hydrogen) atoms. The SMILES string of the molecule is CCCNC(=S)N/N=C\c1ccc(OC)c(OCc2ccc([N+](=O)[O-])cc2)c1. The number of nitrogens with zero attached hydrogens (tertiary/aromatic N) is 2. The Morgan fingerprint density at radius 3 is 2.64 bits per heavy atom. The lowest BCUT2D eigenvalue weighted by atomic mass is 10.2. The molecule has 0 aromatic heterocycles. The van der Waals surface area contributed by atoms with Crippen LogP contribution in [-0.4, -0.2) is 29.9 Å². The van der Waals surface area contributed by atoms with Crippen LogP contribution in [0.3, 0.4) is 0 Å². The molecule has 0 spiro atoms. The third-order valence-electron chi connectivity index (χ3n) is 3.64. The molecule has 0 bridgehead atoms. The van der Waals surface area contributed by atoms with Gasteiger partial charge in [0.05, 0.1) is 18.2 Å². The molecule has 0 aliphatic carbocycles. The Labute approximate surface area is 168 Å². The molecular weight excluding hydrogens is 380 g/mol. The van der Waals surface area contributed by atoms with E-state index in [1.165, 1.54) is 12.1 Å². The molecule has 0 heterocycles. The lowest BCUT2D eigenvalue weighted by molar-refractivity contribution is -0.384. The maximum Gasteiger partial charge on any atom is 0.269 e. The van der Waals surface area contributed by atoms with Crippen LogP contribution in [-0.2, 0) is 6.61 Å². The summed E-state index contributed by atoms with van der Waals surface area (Å²) in [5.74, 6) is 1.11. The van der Waals surface area contributed by atoms with E-state index >= 15 is 0 Å². The fourth-order valence-electron chi connectivity index (χ4n) is 2.20. The van der Waals surface area contributed by atoms with Crippen molar-refractivity contribution in [2.45, 2.75) is 20.0 Å². The second kappa shape index (κ2) is 10.8. The summed E-state index contributed by atoms with van der Waals surface area (Å²) in [5.41, 5.74) is 4.39. The van der Waals surface area contributed by atoms with Crippen molar-refractivity contribution in [2.75, 3.05) is 13.7 Å². The molecule has 0 saturated heterocycles. The fraction of sp³-hybridized carbons (Fsp3) is 0.263. The molecule has 0 aliphatic heterocycles. The number of nitrogens with one attached hydrogen (secondary N) is 2. The molecule has 8 nitrogen and oxygen atoms in total. The van der Waals surface area contributed by atoms with Gasteiger partial charge in [-0.15, -0.1) is 0 Å². The van der Waals surface area contributed by atoms with Gasteiger partial charge in [-0.3, -0.25) is 15.5 Å². The molecule has 2 N–H and O–H groups in total. The first kappa shape index (κ1) is 21.1. The molecule has 9 heteroatoms. The summed E-state index contributed by atoms with van der Waals surface area (Å²) in [7, 11) is 1.56. The van der Waals surface area contributed by atoms with Crippen LogP contribution in [0.25, 0.3) is 0 Å². The summed E-state index contributed by atoms with van der Waals surface area (Å²) in [6, 6.07) is 11.6. The summed E-state index contributed by atoms with van der Waals surface area (Å²) >= 11 is 5.10. The second-order valence-corrected chi connectivity index (χ2v) is 6.16. The van der Waals surface area contributed by atoms with Gasteiger partial charge in [0, 0.05) is 18.7 Å². The van der Waals surface area contributed by atoms with Crippen LogP contribution >= 0.6 is 12.2 Å². The number of nitro groups is 1. The molecule has 0 fully saturated rings. The molecule has 0 radical (unpaired) electrons. The number of hydrazone groups is 1. The van der Waals surface area contributed by atoms with Crippen LogP contribution in [0.15, 0.2) is 47.6 Å². The highest BCUT2D eigenvalue weighted by molar-refractivity contribution is 7.80. The van der Waals surface area contributed by atoms with Gasteiger partial charge < -0.3 is 14.8 Å². The van der Waals surface area contributed by atoms with Gasteiger partial charge in [0.2, 0.25) is 0 Å². The minimum Gasteiger partial charge on any atom is -0.493 e. The molecule has 2 aromatic carbocycles. The number of nitro benzene ring substituents is 1. The quantitative estimate of drug-likeness (QED) is 0.287. The van der Waals surface area contributed by atoms with Crippen molar-refractivity contribution in [3.05, 3.63) is 63.7 Å². The van der Waals surface area contributed by atoms with Gasteiger partial charge in [-0.05, 0) is 60.1 Å². The summed E-state index contributed by atoms with van der Waals surface area (Å²) in [6.45, 7) is 3.08. The zero-order valence-corrected chi connectivity index (χ0v) is 16.5. The molecule has 0 atom stereocenters. The number of rotatable bonds is 9. The highest BCUT2D eigenvalue weighted by Crippen LogP contribution is 2.28. The number of methoxy groups -OCH3 is 1. The minimum atomic E-state index is -0.437. The average Bonchev–Trinajstić information content (AvgIpc) is 2.71. The Kier molecular flexibility index (Phi) is 8.16. The maximum absolute atomic E-state index is 10.7. The number of hydrogen-bond acceptors (Lipinski definition) is 6. The Bertz CT molecular complexity index is 840. The van der Waals surface area contributed by atoms with Crippen molar-refractivity contribution >= 4 is 29.2 Å². The van der Waals surface area contributed by atoms with Gasteiger partial charge in [0.25, 0.3) is 5.69 Å². The highest BCUT2D eigenvalue weighted by atomic mass is 32.1. The van der Waals surface area contributed by atoms with Crippen LogP contribution < -0.4 is 20.2 Å². The van der Waals surface area contributed by atoms with E-state index in [0.717, 1.165) is 24.1 Å². The number of ether oxygens (including phenoxy) is 2. The van der Waals surface area contributed by atoms with Crippen molar-refractivity contribution < 1.29 is 14.4 Å². The number of thiocarbonyl (C=S) groups is 1. The Hall–Kier alpha value is -3.20. The van der Waals surface area contributed by atoms with Crippen molar-refractivity contribution in [1.82, 2.24) is 10.7 Å². The summed E-state index contributed by atoms with van der Waals surface area (Å²) in [5, 5.41) is 18.3. The maximum atomic E-state index is 10.7. The van der Waals surface area contributed by atoms with Gasteiger partial charge in [-0.1, -0.05) is 6.92 Å². The summed E-state index contributed by atoms with van der Waals surface area (Å²) in [6.07, 6.45) is 2.59. The summed E-state index contributed by atoms with van der Waals surface area (Å²) in [4.78, 5) is 10.3. The van der Waals surface area contributed by atoms with E-state index in [0.29, 0.717) is 16.6 Å². The predicted molar refractivity (Wildman–Crippen MR) is 112 cm³/mol. The molecule has 2 aromatic rings. The lowest BCUT2D eigenvalue weighted by Gasteiger charge is -2.11. The smallest absolute Gasteiger partial charge is 0.269 e. The standard InChI is InChI=1S/C19H22N4O4S/c1-3-10-20-19(28)22-21-12-15-6-9-17(26-2)18(11-15)27-13-14-4-7-16(8-5-14)23(24)25/h4-9,11-12H,3,10,13H2,1-2H3,(H2,20,22,28)/b21-12-. The van der Waals surface area contributed by atoms with Crippen LogP contribution in [0, 0.1) is 10.1 Å². The van der Waals surface area contributed by atoms with Crippen LogP contribution in [0.5, 0.6) is 11.5 Å². The zero-order chi connectivity index (χ0) is 20.4. The van der Waals surface area contributed by atoms with Crippen molar-refractivity contribution in [3.63, 3.8) is 0 Å². The monoisotopic (exact) mass is 402 g/mol. The van der Waals surface area contributed by atoms with E-state index < -0.39 is 4.92 Å². The van der Waals surface area contributed by atoms with Crippen LogP contribution in [0.4, 0.5) is 5.69 Å². The van der Waals surface area contributed by atoms with E-state index in [4.69, 9.17) is 21.7 Å². The third-order valence-corrected chi connectivity index (χ3v) is 3.88. The van der Waals surface area contributed by atoms with E-state index in [1.54, 1.807) is 37.6 Å². The molecule has 0 aliphatic rings. The van der Waals surface area contributed by atoms with E-state index in [2.05, 4.69) is 22.8 Å². The lowest BCUT2D eigenvalue weighted by Crippen LogP contribution is -2.32. The molecular formula is C19H22N4O4S. The van der Waals surface area contributed by atoms with E-state index in [1.807, 2.05) is 6.07 Å². The largest absolute Gasteiger partial charge is 0.493 e. The first-order valence-electron chi connectivity index (χ1n) is 8.64. The van der Waals surface area contributed by atoms with Gasteiger partial charge in [0.1, 0.15) is 6.61 Å². The normalized spacial score (nSPS) is 10.5. The van der Waals surface area contributed by atoms with Gasteiger partial charge in [-0.2, -0.15) is 5.10 Å². The Balaban J connectivity index is 2.01.